The van der Waals surface area contributed by atoms with Gasteiger partial charge in [0, 0.05) is 23.0 Å². The molecule has 0 saturated carbocycles. The second kappa shape index (κ2) is 10.9. The Morgan fingerprint density at radius 3 is 2.37 bits per heavy atom. The Hall–Kier alpha value is -2.65. The van der Waals surface area contributed by atoms with E-state index in [1.165, 1.54) is 31.2 Å². The van der Waals surface area contributed by atoms with Gasteiger partial charge in [0.15, 0.2) is 0 Å². The fourth-order valence-corrected chi connectivity index (χ4v) is 4.03. The highest BCUT2D eigenvalue weighted by Crippen LogP contribution is 2.29. The van der Waals surface area contributed by atoms with E-state index in [2.05, 4.69) is 36.3 Å². The summed E-state index contributed by atoms with van der Waals surface area (Å²) in [7, 11) is 0. The number of carbonyl (C=O) groups excluding carboxylic acids is 1. The van der Waals surface area contributed by atoms with Crippen molar-refractivity contribution in [3.05, 3.63) is 83.0 Å². The normalized spacial score (nSPS) is 10.9. The molecule has 0 aliphatic carbocycles. The zero-order chi connectivity index (χ0) is 21.3. The SMILES string of the molecule is CCCC(CCC)Cc1ccc(C(=O)Nc2ccc(Cl)c(-c3ccccn3)c2)cc1. The second-order valence-corrected chi connectivity index (χ2v) is 8.12. The molecule has 0 unspecified atom stereocenters. The van der Waals surface area contributed by atoms with E-state index >= 15 is 0 Å². The summed E-state index contributed by atoms with van der Waals surface area (Å²) in [6.45, 7) is 4.48. The number of aromatic nitrogens is 1. The molecule has 0 fully saturated rings. The summed E-state index contributed by atoms with van der Waals surface area (Å²) in [5.74, 6) is 0.591. The van der Waals surface area contributed by atoms with Crippen molar-refractivity contribution >= 4 is 23.2 Å². The molecule has 1 heterocycles. The monoisotopic (exact) mass is 420 g/mol. The van der Waals surface area contributed by atoms with Crippen molar-refractivity contribution in [1.29, 1.82) is 0 Å². The van der Waals surface area contributed by atoms with E-state index in [1.54, 1.807) is 18.3 Å². The third kappa shape index (κ3) is 5.93. The molecule has 1 amide bonds. The molecule has 1 N–H and O–H groups in total. The van der Waals surface area contributed by atoms with E-state index in [0.29, 0.717) is 16.3 Å². The Balaban J connectivity index is 1.69. The van der Waals surface area contributed by atoms with E-state index in [4.69, 9.17) is 11.6 Å². The second-order valence-electron chi connectivity index (χ2n) is 7.71. The molecule has 30 heavy (non-hydrogen) atoms. The number of hydrogen-bond donors (Lipinski definition) is 1. The summed E-state index contributed by atoms with van der Waals surface area (Å²) in [6, 6.07) is 19.1. The maximum atomic E-state index is 12.7. The Labute approximate surface area is 184 Å². The molecule has 0 saturated heterocycles. The van der Waals surface area contributed by atoms with Gasteiger partial charge in [-0.15, -0.1) is 0 Å². The molecule has 0 aliphatic rings. The number of rotatable bonds is 9. The minimum atomic E-state index is -0.130. The Kier molecular flexibility index (Phi) is 8.04. The molecule has 0 radical (unpaired) electrons. The molecule has 0 spiro atoms. The molecule has 0 aliphatic heterocycles. The molecule has 156 valence electrons. The van der Waals surface area contributed by atoms with Gasteiger partial charge < -0.3 is 5.32 Å². The fraction of sp³-hybridized carbons (Fsp3) is 0.308. The van der Waals surface area contributed by atoms with Crippen molar-refractivity contribution in [2.75, 3.05) is 5.32 Å². The third-order valence-electron chi connectivity index (χ3n) is 5.30. The Morgan fingerprint density at radius 1 is 1.00 bits per heavy atom. The highest BCUT2D eigenvalue weighted by atomic mass is 35.5. The van der Waals surface area contributed by atoms with Crippen molar-refractivity contribution in [1.82, 2.24) is 4.98 Å². The molecule has 0 atom stereocenters. The van der Waals surface area contributed by atoms with Gasteiger partial charge in [-0.2, -0.15) is 0 Å². The van der Waals surface area contributed by atoms with Crippen molar-refractivity contribution < 1.29 is 4.79 Å². The number of carbonyl (C=O) groups is 1. The van der Waals surface area contributed by atoms with Crippen molar-refractivity contribution in [3.63, 3.8) is 0 Å². The van der Waals surface area contributed by atoms with Gasteiger partial charge in [-0.25, -0.2) is 0 Å². The van der Waals surface area contributed by atoms with E-state index in [0.717, 1.165) is 23.6 Å². The van der Waals surface area contributed by atoms with Gasteiger partial charge in [0.2, 0.25) is 0 Å². The van der Waals surface area contributed by atoms with Crippen LogP contribution in [0.5, 0.6) is 0 Å². The molecule has 3 aromatic rings. The summed E-state index contributed by atoms with van der Waals surface area (Å²) in [6.07, 6.45) is 7.74. The first-order valence-electron chi connectivity index (χ1n) is 10.7. The van der Waals surface area contributed by atoms with Crippen LogP contribution in [0.25, 0.3) is 11.3 Å². The number of nitrogens with one attached hydrogen (secondary N) is 1. The van der Waals surface area contributed by atoms with Crippen molar-refractivity contribution in [2.24, 2.45) is 5.92 Å². The van der Waals surface area contributed by atoms with Crippen LogP contribution in [0.2, 0.25) is 5.02 Å². The number of halogens is 1. The van der Waals surface area contributed by atoms with Crippen LogP contribution >= 0.6 is 11.6 Å². The van der Waals surface area contributed by atoms with Crippen molar-refractivity contribution in [2.45, 2.75) is 46.0 Å². The summed E-state index contributed by atoms with van der Waals surface area (Å²) >= 11 is 6.34. The first-order valence-corrected chi connectivity index (χ1v) is 11.1. The maximum absolute atomic E-state index is 12.7. The largest absolute Gasteiger partial charge is 0.322 e. The number of anilines is 1. The van der Waals surface area contributed by atoms with Gasteiger partial charge in [0.05, 0.1) is 10.7 Å². The third-order valence-corrected chi connectivity index (χ3v) is 5.63. The molecule has 3 rings (SSSR count). The van der Waals surface area contributed by atoms with Gasteiger partial charge in [-0.3, -0.25) is 9.78 Å². The molecule has 3 nitrogen and oxygen atoms in total. The predicted octanol–water partition coefficient (Wildman–Crippen LogP) is 7.41. The van der Waals surface area contributed by atoms with Crippen LogP contribution in [0, 0.1) is 5.92 Å². The average Bonchev–Trinajstić information content (AvgIpc) is 2.76. The van der Waals surface area contributed by atoms with Crippen LogP contribution in [0.1, 0.15) is 55.5 Å². The molecule has 2 aromatic carbocycles. The first kappa shape index (κ1) is 22.0. The predicted molar refractivity (Wildman–Crippen MR) is 126 cm³/mol. The number of nitrogens with zero attached hydrogens (tertiary/aromatic N) is 1. The van der Waals surface area contributed by atoms with Gasteiger partial charge in [-0.05, 0) is 60.4 Å². The lowest BCUT2D eigenvalue weighted by Crippen LogP contribution is -2.12. The Bertz CT molecular complexity index is 949. The average molecular weight is 421 g/mol. The van der Waals surface area contributed by atoms with Crippen LogP contribution in [0.4, 0.5) is 5.69 Å². The number of pyridine rings is 1. The molecule has 4 heteroatoms. The highest BCUT2D eigenvalue weighted by molar-refractivity contribution is 6.33. The van der Waals surface area contributed by atoms with Gasteiger partial charge in [0.1, 0.15) is 0 Å². The minimum absolute atomic E-state index is 0.130. The number of benzene rings is 2. The van der Waals surface area contributed by atoms with Crippen LogP contribution in [0.3, 0.4) is 0 Å². The van der Waals surface area contributed by atoms with E-state index in [1.807, 2.05) is 36.4 Å². The van der Waals surface area contributed by atoms with E-state index < -0.39 is 0 Å². The first-order chi connectivity index (χ1) is 14.6. The smallest absolute Gasteiger partial charge is 0.255 e. The summed E-state index contributed by atoms with van der Waals surface area (Å²) in [5, 5.41) is 3.57. The molecular weight excluding hydrogens is 392 g/mol. The molecule has 1 aromatic heterocycles. The lowest BCUT2D eigenvalue weighted by molar-refractivity contribution is 0.102. The van der Waals surface area contributed by atoms with E-state index in [-0.39, 0.29) is 5.91 Å². The lowest BCUT2D eigenvalue weighted by atomic mass is 9.91. The topological polar surface area (TPSA) is 42.0 Å². The number of hydrogen-bond acceptors (Lipinski definition) is 2. The van der Waals surface area contributed by atoms with Gasteiger partial charge in [0.25, 0.3) is 5.91 Å². The van der Waals surface area contributed by atoms with Crippen LogP contribution in [0.15, 0.2) is 66.9 Å². The van der Waals surface area contributed by atoms with Gasteiger partial charge in [-0.1, -0.05) is 69.3 Å². The highest BCUT2D eigenvalue weighted by Gasteiger charge is 2.11. The molecule has 0 bridgehead atoms. The number of amides is 1. The van der Waals surface area contributed by atoms with Crippen LogP contribution in [-0.2, 0) is 6.42 Å². The summed E-state index contributed by atoms with van der Waals surface area (Å²) in [5.41, 5.74) is 4.21. The minimum Gasteiger partial charge on any atom is -0.322 e. The standard InChI is InChI=1S/C26H29ClN2O/c1-3-7-19(8-4-2)17-20-10-12-21(13-11-20)26(30)29-22-14-15-24(27)23(18-22)25-9-5-6-16-28-25/h5-6,9-16,18-19H,3-4,7-8,17H2,1-2H3,(H,29,30). The lowest BCUT2D eigenvalue weighted by Gasteiger charge is -2.15. The quantitative estimate of drug-likeness (QED) is 0.391. The Morgan fingerprint density at radius 2 is 1.73 bits per heavy atom. The van der Waals surface area contributed by atoms with E-state index in [9.17, 15) is 4.79 Å². The summed E-state index contributed by atoms with van der Waals surface area (Å²) < 4.78 is 0. The van der Waals surface area contributed by atoms with Gasteiger partial charge >= 0.3 is 0 Å². The van der Waals surface area contributed by atoms with Crippen LogP contribution < -0.4 is 5.32 Å². The zero-order valence-electron chi connectivity index (χ0n) is 17.7. The van der Waals surface area contributed by atoms with Crippen molar-refractivity contribution in [3.8, 4) is 11.3 Å². The van der Waals surface area contributed by atoms with Crippen LogP contribution in [-0.4, -0.2) is 10.9 Å². The fourth-order valence-electron chi connectivity index (χ4n) is 3.82. The zero-order valence-corrected chi connectivity index (χ0v) is 18.5. The maximum Gasteiger partial charge on any atom is 0.255 e. The molecular formula is C26H29ClN2O. The summed E-state index contributed by atoms with van der Waals surface area (Å²) in [4.78, 5) is 17.1.